The first-order valence-electron chi connectivity index (χ1n) is 10.5. The SMILES string of the molecule is CC(=O)O[C@@H]1C[C@@]2(C)CC[C@@](O)(C(C)C)[C@@H]2[C@@H](OC(=O)c2ccc(O)cc2)C=C1C. The summed E-state index contributed by atoms with van der Waals surface area (Å²) in [6.45, 7) is 9.31. The minimum atomic E-state index is -1.00. The van der Waals surface area contributed by atoms with Gasteiger partial charge in [0.05, 0.1) is 11.2 Å². The molecule has 0 heterocycles. The summed E-state index contributed by atoms with van der Waals surface area (Å²) in [4.78, 5) is 24.5. The minimum Gasteiger partial charge on any atom is -0.508 e. The van der Waals surface area contributed by atoms with E-state index in [-0.39, 0.29) is 29.0 Å². The molecule has 164 valence electrons. The van der Waals surface area contributed by atoms with E-state index in [0.29, 0.717) is 18.4 Å². The summed E-state index contributed by atoms with van der Waals surface area (Å²) >= 11 is 0. The molecule has 0 spiro atoms. The molecule has 0 unspecified atom stereocenters. The second-order valence-electron chi connectivity index (χ2n) is 9.41. The first kappa shape index (κ1) is 22.3. The number of phenols is 1. The predicted octanol–water partition coefficient (Wildman–Crippen LogP) is 4.00. The van der Waals surface area contributed by atoms with Crippen molar-refractivity contribution in [2.75, 3.05) is 0 Å². The number of phenolic OH excluding ortho intramolecular Hbond substituents is 1. The highest BCUT2D eigenvalue weighted by Crippen LogP contribution is 2.58. The van der Waals surface area contributed by atoms with Gasteiger partial charge in [0.2, 0.25) is 0 Å². The van der Waals surface area contributed by atoms with Crippen molar-refractivity contribution in [3.05, 3.63) is 41.5 Å². The van der Waals surface area contributed by atoms with Gasteiger partial charge >= 0.3 is 11.9 Å². The first-order valence-corrected chi connectivity index (χ1v) is 10.5. The normalized spacial score (nSPS) is 33.4. The average Bonchev–Trinajstić information content (AvgIpc) is 2.87. The van der Waals surface area contributed by atoms with Crippen LogP contribution in [0.4, 0.5) is 0 Å². The Labute approximate surface area is 177 Å². The third kappa shape index (κ3) is 4.10. The van der Waals surface area contributed by atoms with Crippen molar-refractivity contribution < 1.29 is 29.3 Å². The van der Waals surface area contributed by atoms with Crippen LogP contribution in [-0.2, 0) is 14.3 Å². The van der Waals surface area contributed by atoms with Crippen molar-refractivity contribution in [2.24, 2.45) is 17.3 Å². The highest BCUT2D eigenvalue weighted by Gasteiger charge is 2.60. The van der Waals surface area contributed by atoms with Crippen LogP contribution in [0, 0.1) is 17.3 Å². The predicted molar refractivity (Wildman–Crippen MR) is 112 cm³/mol. The van der Waals surface area contributed by atoms with Gasteiger partial charge in [0.25, 0.3) is 0 Å². The standard InChI is InChI=1S/C24H32O6/c1-14(2)24(28)11-10-23(5)13-20(29-16(4)25)15(3)12-19(21(23)24)30-22(27)17-6-8-18(26)9-7-17/h6-9,12,14,19-21,26,28H,10-11,13H2,1-5H3/t19-,20+,21+,23+,24+/m0/s1. The molecule has 3 rings (SSSR count). The van der Waals surface area contributed by atoms with Crippen LogP contribution in [0.25, 0.3) is 0 Å². The summed E-state index contributed by atoms with van der Waals surface area (Å²) in [5, 5.41) is 21.1. The molecule has 0 aliphatic heterocycles. The lowest BCUT2D eigenvalue weighted by molar-refractivity contribution is -0.147. The zero-order valence-corrected chi connectivity index (χ0v) is 18.3. The Bertz CT molecular complexity index is 842. The summed E-state index contributed by atoms with van der Waals surface area (Å²) in [6.07, 6.45) is 2.67. The largest absolute Gasteiger partial charge is 0.508 e. The molecule has 6 heteroatoms. The van der Waals surface area contributed by atoms with Crippen LogP contribution in [0.5, 0.6) is 5.75 Å². The molecule has 0 aromatic heterocycles. The number of hydrogen-bond acceptors (Lipinski definition) is 6. The topological polar surface area (TPSA) is 93.1 Å². The number of fused-ring (bicyclic) bond motifs is 1. The van der Waals surface area contributed by atoms with Gasteiger partial charge in [-0.15, -0.1) is 0 Å². The smallest absolute Gasteiger partial charge is 0.338 e. The number of benzene rings is 1. The second-order valence-corrected chi connectivity index (χ2v) is 9.41. The van der Waals surface area contributed by atoms with Gasteiger partial charge in [-0.25, -0.2) is 4.79 Å². The fourth-order valence-corrected chi connectivity index (χ4v) is 5.23. The Hall–Kier alpha value is -2.34. The third-order valence-corrected chi connectivity index (χ3v) is 6.96. The van der Waals surface area contributed by atoms with Crippen LogP contribution in [0.2, 0.25) is 0 Å². The first-order chi connectivity index (χ1) is 14.0. The maximum atomic E-state index is 12.9. The molecule has 5 atom stereocenters. The minimum absolute atomic E-state index is 0.0295. The summed E-state index contributed by atoms with van der Waals surface area (Å²) in [5.74, 6) is -1.17. The molecular weight excluding hydrogens is 384 g/mol. The maximum Gasteiger partial charge on any atom is 0.338 e. The molecule has 1 fully saturated rings. The van der Waals surface area contributed by atoms with E-state index in [1.807, 2.05) is 26.8 Å². The maximum absolute atomic E-state index is 12.9. The molecule has 1 aromatic rings. The van der Waals surface area contributed by atoms with E-state index in [4.69, 9.17) is 9.47 Å². The molecule has 1 saturated carbocycles. The fraction of sp³-hybridized carbons (Fsp3) is 0.583. The number of carbonyl (C=O) groups excluding carboxylic acids is 2. The van der Waals surface area contributed by atoms with E-state index in [1.165, 1.54) is 31.2 Å². The Morgan fingerprint density at radius 2 is 1.77 bits per heavy atom. The van der Waals surface area contributed by atoms with Gasteiger partial charge in [0, 0.05) is 12.8 Å². The summed E-state index contributed by atoms with van der Waals surface area (Å²) in [6, 6.07) is 5.89. The van der Waals surface area contributed by atoms with Crippen molar-refractivity contribution >= 4 is 11.9 Å². The lowest BCUT2D eigenvalue weighted by Crippen LogP contribution is -2.50. The monoisotopic (exact) mass is 416 g/mol. The Kier molecular flexibility index (Phi) is 6.01. The zero-order chi connectivity index (χ0) is 22.3. The van der Waals surface area contributed by atoms with Gasteiger partial charge in [-0.3, -0.25) is 4.79 Å². The number of aliphatic hydroxyl groups is 1. The summed E-state index contributed by atoms with van der Waals surface area (Å²) in [5.41, 5.74) is -0.230. The van der Waals surface area contributed by atoms with Crippen molar-refractivity contribution in [1.82, 2.24) is 0 Å². The number of ether oxygens (including phenoxy) is 2. The third-order valence-electron chi connectivity index (χ3n) is 6.96. The van der Waals surface area contributed by atoms with Gasteiger partial charge in [-0.05, 0) is 73.4 Å². The summed E-state index contributed by atoms with van der Waals surface area (Å²) in [7, 11) is 0. The zero-order valence-electron chi connectivity index (χ0n) is 18.3. The average molecular weight is 417 g/mol. The van der Waals surface area contributed by atoms with E-state index in [2.05, 4.69) is 6.92 Å². The van der Waals surface area contributed by atoms with Crippen LogP contribution in [-0.4, -0.2) is 40.0 Å². The van der Waals surface area contributed by atoms with E-state index in [0.717, 1.165) is 12.0 Å². The molecule has 0 saturated heterocycles. The molecular formula is C24H32O6. The van der Waals surface area contributed by atoms with E-state index >= 15 is 0 Å². The fourth-order valence-electron chi connectivity index (χ4n) is 5.23. The second kappa shape index (κ2) is 8.06. The lowest BCUT2D eigenvalue weighted by atomic mass is 9.67. The number of esters is 2. The Morgan fingerprint density at radius 3 is 2.33 bits per heavy atom. The molecule has 0 amide bonds. The number of rotatable bonds is 4. The Balaban J connectivity index is 2.01. The molecule has 6 nitrogen and oxygen atoms in total. The van der Waals surface area contributed by atoms with Gasteiger partial charge in [0.15, 0.2) is 0 Å². The van der Waals surface area contributed by atoms with Crippen molar-refractivity contribution in [3.63, 3.8) is 0 Å². The number of aromatic hydroxyl groups is 1. The molecule has 2 N–H and O–H groups in total. The molecule has 2 aliphatic rings. The van der Waals surface area contributed by atoms with E-state index < -0.39 is 23.8 Å². The van der Waals surface area contributed by atoms with Gasteiger partial charge < -0.3 is 19.7 Å². The van der Waals surface area contributed by atoms with Crippen LogP contribution in [0.3, 0.4) is 0 Å². The van der Waals surface area contributed by atoms with E-state index in [9.17, 15) is 19.8 Å². The quantitative estimate of drug-likeness (QED) is 0.569. The Morgan fingerprint density at radius 1 is 1.13 bits per heavy atom. The molecule has 30 heavy (non-hydrogen) atoms. The number of carbonyl (C=O) groups is 2. The van der Waals surface area contributed by atoms with Gasteiger partial charge in [0.1, 0.15) is 18.0 Å². The van der Waals surface area contributed by atoms with Crippen LogP contribution in [0.15, 0.2) is 35.9 Å². The number of hydrogen-bond donors (Lipinski definition) is 2. The lowest BCUT2D eigenvalue weighted by Gasteiger charge is -2.43. The van der Waals surface area contributed by atoms with Crippen LogP contribution in [0.1, 0.15) is 64.2 Å². The molecule has 2 aliphatic carbocycles. The van der Waals surface area contributed by atoms with Gasteiger partial charge in [-0.2, -0.15) is 0 Å². The highest BCUT2D eigenvalue weighted by molar-refractivity contribution is 5.89. The van der Waals surface area contributed by atoms with Crippen LogP contribution < -0.4 is 0 Å². The van der Waals surface area contributed by atoms with Crippen LogP contribution >= 0.6 is 0 Å². The molecule has 0 bridgehead atoms. The molecule has 1 aromatic carbocycles. The van der Waals surface area contributed by atoms with Crippen molar-refractivity contribution in [3.8, 4) is 5.75 Å². The van der Waals surface area contributed by atoms with Gasteiger partial charge in [-0.1, -0.05) is 20.8 Å². The molecule has 0 radical (unpaired) electrons. The van der Waals surface area contributed by atoms with E-state index in [1.54, 1.807) is 0 Å². The summed E-state index contributed by atoms with van der Waals surface area (Å²) < 4.78 is 11.5. The van der Waals surface area contributed by atoms with Crippen molar-refractivity contribution in [2.45, 2.75) is 71.7 Å². The highest BCUT2D eigenvalue weighted by atomic mass is 16.5. The van der Waals surface area contributed by atoms with Crippen molar-refractivity contribution in [1.29, 1.82) is 0 Å².